The molecule has 3 aromatic rings. The minimum absolute atomic E-state index is 0.0704. The first kappa shape index (κ1) is 15.7. The fourth-order valence-corrected chi connectivity index (χ4v) is 2.96. The zero-order valence-corrected chi connectivity index (χ0v) is 13.6. The number of fused-ring (bicyclic) bond motifs is 1. The molecule has 23 heavy (non-hydrogen) atoms. The van der Waals surface area contributed by atoms with Crippen molar-refractivity contribution in [1.29, 1.82) is 0 Å². The Bertz CT molecular complexity index is 968. The number of hydrogen-bond acceptors (Lipinski definition) is 6. The molecule has 0 saturated heterocycles. The Morgan fingerprint density at radius 2 is 1.96 bits per heavy atom. The lowest BCUT2D eigenvalue weighted by molar-refractivity contribution is 0.598. The van der Waals surface area contributed by atoms with Gasteiger partial charge in [0, 0.05) is 13.6 Å². The van der Waals surface area contributed by atoms with Crippen LogP contribution in [0, 0.1) is 0 Å². The van der Waals surface area contributed by atoms with Crippen molar-refractivity contribution in [2.75, 3.05) is 5.32 Å². The minimum atomic E-state index is -3.69. The van der Waals surface area contributed by atoms with Crippen LogP contribution in [0.15, 0.2) is 35.5 Å². The summed E-state index contributed by atoms with van der Waals surface area (Å²) in [5.41, 5.74) is 1.49. The maximum Gasteiger partial charge on any atom is 0.238 e. The Hall–Kier alpha value is -2.23. The number of aryl methyl sites for hydroxylation is 1. The standard InChI is InChI=1S/C13H13ClN6O2S/c1-20-13-10(11(14)19-20)12(17-7-18-13)16-6-8-2-4-9(5-3-8)23(15,21)22/h2-5,7H,6H2,1H3,(H2,15,21,22)(H,16,17,18). The molecule has 0 bridgehead atoms. The Morgan fingerprint density at radius 3 is 2.61 bits per heavy atom. The second-order valence-corrected chi connectivity index (χ2v) is 6.80. The molecular weight excluding hydrogens is 340 g/mol. The van der Waals surface area contributed by atoms with E-state index in [-0.39, 0.29) is 4.90 Å². The third-order valence-electron chi connectivity index (χ3n) is 3.29. The van der Waals surface area contributed by atoms with Crippen LogP contribution in [-0.2, 0) is 23.6 Å². The fraction of sp³-hybridized carbons (Fsp3) is 0.154. The molecule has 2 heterocycles. The zero-order chi connectivity index (χ0) is 16.6. The van der Waals surface area contributed by atoms with E-state index in [2.05, 4.69) is 20.4 Å². The van der Waals surface area contributed by atoms with Crippen molar-refractivity contribution < 1.29 is 8.42 Å². The molecule has 120 valence electrons. The molecule has 10 heteroatoms. The molecule has 2 aromatic heterocycles. The van der Waals surface area contributed by atoms with Crippen molar-refractivity contribution in [1.82, 2.24) is 19.7 Å². The first-order valence-electron chi connectivity index (χ1n) is 6.55. The second kappa shape index (κ2) is 5.76. The molecule has 8 nitrogen and oxygen atoms in total. The number of nitrogens with two attached hydrogens (primary N) is 1. The largest absolute Gasteiger partial charge is 0.365 e. The molecular formula is C13H13ClN6O2S. The van der Waals surface area contributed by atoms with E-state index in [1.807, 2.05) is 0 Å². The number of primary sulfonamides is 1. The van der Waals surface area contributed by atoms with Gasteiger partial charge in [0.1, 0.15) is 17.5 Å². The van der Waals surface area contributed by atoms with Gasteiger partial charge in [-0.05, 0) is 17.7 Å². The van der Waals surface area contributed by atoms with E-state index in [4.69, 9.17) is 16.7 Å². The van der Waals surface area contributed by atoms with Gasteiger partial charge in [-0.15, -0.1) is 0 Å². The highest BCUT2D eigenvalue weighted by atomic mass is 35.5. The number of anilines is 1. The summed E-state index contributed by atoms with van der Waals surface area (Å²) in [4.78, 5) is 8.39. The maximum atomic E-state index is 11.2. The number of halogens is 1. The molecule has 0 aliphatic rings. The molecule has 0 radical (unpaired) electrons. The van der Waals surface area contributed by atoms with Crippen LogP contribution in [0.1, 0.15) is 5.56 Å². The SMILES string of the molecule is Cn1nc(Cl)c2c(NCc3ccc(S(N)(=O)=O)cc3)ncnc21. The fourth-order valence-electron chi connectivity index (χ4n) is 2.16. The van der Waals surface area contributed by atoms with E-state index >= 15 is 0 Å². The third-order valence-corrected chi connectivity index (χ3v) is 4.48. The quantitative estimate of drug-likeness (QED) is 0.730. The van der Waals surface area contributed by atoms with Crippen molar-refractivity contribution >= 4 is 38.5 Å². The molecule has 0 aliphatic heterocycles. The summed E-state index contributed by atoms with van der Waals surface area (Å²) in [7, 11) is -1.94. The molecule has 0 atom stereocenters. The lowest BCUT2D eigenvalue weighted by atomic mass is 10.2. The predicted octanol–water partition coefficient (Wildman–Crippen LogP) is 1.28. The van der Waals surface area contributed by atoms with Crippen LogP contribution in [0.4, 0.5) is 5.82 Å². The predicted molar refractivity (Wildman–Crippen MR) is 86.5 cm³/mol. The molecule has 3 N–H and O–H groups in total. The molecule has 0 spiro atoms. The third kappa shape index (κ3) is 3.11. The van der Waals surface area contributed by atoms with E-state index in [1.54, 1.807) is 23.9 Å². The average Bonchev–Trinajstić information content (AvgIpc) is 2.80. The highest BCUT2D eigenvalue weighted by molar-refractivity contribution is 7.89. The lowest BCUT2D eigenvalue weighted by Crippen LogP contribution is -2.12. The summed E-state index contributed by atoms with van der Waals surface area (Å²) in [6, 6.07) is 6.27. The summed E-state index contributed by atoms with van der Waals surface area (Å²) in [6.07, 6.45) is 1.42. The first-order valence-corrected chi connectivity index (χ1v) is 8.47. The van der Waals surface area contributed by atoms with Gasteiger partial charge in [-0.1, -0.05) is 23.7 Å². The highest BCUT2D eigenvalue weighted by Gasteiger charge is 2.13. The first-order chi connectivity index (χ1) is 10.9. The molecule has 1 aromatic carbocycles. The van der Waals surface area contributed by atoms with E-state index in [9.17, 15) is 8.42 Å². The molecule has 0 saturated carbocycles. The summed E-state index contributed by atoms with van der Waals surface area (Å²) < 4.78 is 24.0. The van der Waals surface area contributed by atoms with Crippen LogP contribution in [-0.4, -0.2) is 28.2 Å². The molecule has 3 rings (SSSR count). The van der Waals surface area contributed by atoms with Gasteiger partial charge >= 0.3 is 0 Å². The Labute approximate surface area is 137 Å². The Kier molecular flexibility index (Phi) is 3.92. The Morgan fingerprint density at radius 1 is 1.26 bits per heavy atom. The van der Waals surface area contributed by atoms with E-state index < -0.39 is 10.0 Å². The summed E-state index contributed by atoms with van der Waals surface area (Å²) in [5, 5.41) is 13.3. The molecule has 0 aliphatic carbocycles. The maximum absolute atomic E-state index is 11.2. The van der Waals surface area contributed by atoms with Crippen LogP contribution >= 0.6 is 11.6 Å². The average molecular weight is 353 g/mol. The van der Waals surface area contributed by atoms with Crippen LogP contribution in [0.5, 0.6) is 0 Å². The number of nitrogens with one attached hydrogen (secondary N) is 1. The van der Waals surface area contributed by atoms with Crippen LogP contribution in [0.2, 0.25) is 5.15 Å². The van der Waals surface area contributed by atoms with Gasteiger partial charge < -0.3 is 5.32 Å². The van der Waals surface area contributed by atoms with Crippen LogP contribution < -0.4 is 10.5 Å². The van der Waals surface area contributed by atoms with Crippen LogP contribution in [0.25, 0.3) is 11.0 Å². The topological polar surface area (TPSA) is 116 Å². The van der Waals surface area contributed by atoms with Crippen molar-refractivity contribution in [3.05, 3.63) is 41.3 Å². The van der Waals surface area contributed by atoms with Gasteiger partial charge in [0.25, 0.3) is 0 Å². The molecule has 0 amide bonds. The summed E-state index contributed by atoms with van der Waals surface area (Å²) >= 11 is 6.10. The van der Waals surface area contributed by atoms with E-state index in [0.29, 0.717) is 28.5 Å². The van der Waals surface area contributed by atoms with Gasteiger partial charge in [-0.2, -0.15) is 5.10 Å². The van der Waals surface area contributed by atoms with Gasteiger partial charge in [0.15, 0.2) is 10.8 Å². The number of benzene rings is 1. The van der Waals surface area contributed by atoms with Crippen LogP contribution in [0.3, 0.4) is 0 Å². The molecule has 0 unspecified atom stereocenters. The smallest absolute Gasteiger partial charge is 0.238 e. The minimum Gasteiger partial charge on any atom is -0.365 e. The summed E-state index contributed by atoms with van der Waals surface area (Å²) in [6.45, 7) is 0.433. The van der Waals surface area contributed by atoms with E-state index in [0.717, 1.165) is 5.56 Å². The second-order valence-electron chi connectivity index (χ2n) is 4.88. The Balaban J connectivity index is 1.84. The number of aromatic nitrogens is 4. The monoisotopic (exact) mass is 352 g/mol. The molecule has 0 fully saturated rings. The lowest BCUT2D eigenvalue weighted by Gasteiger charge is -2.07. The van der Waals surface area contributed by atoms with Crippen molar-refractivity contribution in [2.45, 2.75) is 11.4 Å². The number of nitrogens with zero attached hydrogens (tertiary/aromatic N) is 4. The number of rotatable bonds is 4. The highest BCUT2D eigenvalue weighted by Crippen LogP contribution is 2.26. The van der Waals surface area contributed by atoms with Gasteiger partial charge in [0.2, 0.25) is 10.0 Å². The zero-order valence-electron chi connectivity index (χ0n) is 12.1. The summed E-state index contributed by atoms with van der Waals surface area (Å²) in [5.74, 6) is 0.559. The number of sulfonamides is 1. The van der Waals surface area contributed by atoms with Crippen molar-refractivity contribution in [2.24, 2.45) is 12.2 Å². The van der Waals surface area contributed by atoms with Crippen molar-refractivity contribution in [3.63, 3.8) is 0 Å². The van der Waals surface area contributed by atoms with Crippen molar-refractivity contribution in [3.8, 4) is 0 Å². The number of hydrogen-bond donors (Lipinski definition) is 2. The van der Waals surface area contributed by atoms with Gasteiger partial charge in [0.05, 0.1) is 4.90 Å². The van der Waals surface area contributed by atoms with E-state index in [1.165, 1.54) is 18.5 Å². The normalized spacial score (nSPS) is 11.8. The van der Waals surface area contributed by atoms with Gasteiger partial charge in [-0.3, -0.25) is 0 Å². The van der Waals surface area contributed by atoms with Gasteiger partial charge in [-0.25, -0.2) is 28.2 Å².